The van der Waals surface area contributed by atoms with E-state index in [4.69, 9.17) is 21.4 Å². The van der Waals surface area contributed by atoms with Crippen LogP contribution < -0.4 is 9.46 Å². The van der Waals surface area contributed by atoms with Crippen LogP contribution in [0.25, 0.3) is 0 Å². The second-order valence-electron chi connectivity index (χ2n) is 6.89. The Balaban J connectivity index is 1.59. The topological polar surface area (TPSA) is 104 Å². The first-order chi connectivity index (χ1) is 14.5. The molecule has 2 heterocycles. The zero-order chi connectivity index (χ0) is 21.1. The zero-order valence-electron chi connectivity index (χ0n) is 16.1. The molecule has 2 aliphatic heterocycles. The summed E-state index contributed by atoms with van der Waals surface area (Å²) in [5, 5.41) is 9.01. The van der Waals surface area contributed by atoms with Gasteiger partial charge in [0, 0.05) is 25.3 Å². The van der Waals surface area contributed by atoms with Crippen molar-refractivity contribution in [3.05, 3.63) is 47.0 Å². The summed E-state index contributed by atoms with van der Waals surface area (Å²) < 4.78 is 32.6. The first kappa shape index (κ1) is 20.6. The molecule has 30 heavy (non-hydrogen) atoms. The van der Waals surface area contributed by atoms with Crippen molar-refractivity contribution in [2.75, 3.05) is 30.2 Å². The number of nitrogens with one attached hydrogen (secondary N) is 1. The summed E-state index contributed by atoms with van der Waals surface area (Å²) in [6.07, 6.45) is 2.92. The van der Waals surface area contributed by atoms with Crippen molar-refractivity contribution in [3.63, 3.8) is 0 Å². The predicted molar refractivity (Wildman–Crippen MR) is 118 cm³/mol. The number of ether oxygens (including phenoxy) is 1. The van der Waals surface area contributed by atoms with Gasteiger partial charge in [-0.05, 0) is 43.2 Å². The van der Waals surface area contributed by atoms with E-state index in [1.54, 1.807) is 30.6 Å². The van der Waals surface area contributed by atoms with E-state index in [1.165, 1.54) is 0 Å². The smallest absolute Gasteiger partial charge is 0.232 e. The molecule has 2 aliphatic rings. The summed E-state index contributed by atoms with van der Waals surface area (Å²) in [5.74, 6) is 1.53. The van der Waals surface area contributed by atoms with Crippen molar-refractivity contribution in [1.29, 1.82) is 0 Å². The Morgan fingerprint density at radius 3 is 2.97 bits per heavy atom. The molecule has 2 aromatic carbocycles. The molecule has 0 spiro atoms. The van der Waals surface area contributed by atoms with Crippen molar-refractivity contribution < 1.29 is 18.3 Å². The van der Waals surface area contributed by atoms with Gasteiger partial charge >= 0.3 is 0 Å². The molecule has 2 N–H and O–H groups in total. The maximum atomic E-state index is 12.1. The number of hydrogen-bond acceptors (Lipinski definition) is 7. The molecule has 0 atom stereocenters. The second kappa shape index (κ2) is 8.63. The fourth-order valence-corrected chi connectivity index (χ4v) is 4.63. The van der Waals surface area contributed by atoms with Crippen molar-refractivity contribution in [1.82, 2.24) is 4.90 Å². The normalized spacial score (nSPS) is 15.3. The number of hydrogen-bond donors (Lipinski definition) is 2. The number of aliphatic hydroxyl groups is 1. The van der Waals surface area contributed by atoms with Crippen molar-refractivity contribution in [3.8, 4) is 11.5 Å². The highest BCUT2D eigenvalue weighted by molar-refractivity contribution is 7.92. The molecule has 8 nitrogen and oxygen atoms in total. The van der Waals surface area contributed by atoms with E-state index in [0.717, 1.165) is 36.6 Å². The molecule has 0 radical (unpaired) electrons. The molecule has 2 aromatic rings. The van der Waals surface area contributed by atoms with Crippen molar-refractivity contribution in [2.24, 2.45) is 9.98 Å². The third-order valence-corrected chi connectivity index (χ3v) is 6.41. The molecule has 0 bridgehead atoms. The molecular formula is C20H21ClN4O4S. The number of anilines is 1. The van der Waals surface area contributed by atoms with Crippen LogP contribution in [0.15, 0.2) is 46.4 Å². The number of nitrogens with zero attached hydrogens (tertiary/aromatic N) is 3. The number of fused-ring (bicyclic) bond motifs is 3. The van der Waals surface area contributed by atoms with Crippen molar-refractivity contribution >= 4 is 45.2 Å². The Kier molecular flexibility index (Phi) is 5.94. The highest BCUT2D eigenvalue weighted by atomic mass is 35.5. The number of aliphatic hydroxyl groups excluding tert-OH is 1. The van der Waals surface area contributed by atoms with Gasteiger partial charge in [-0.1, -0.05) is 17.7 Å². The SMILES string of the molecule is O=S(=O)(CCCO)Nc1cccc(Oc2ccc3c(c2)C2=NCCCN2C=N3)c1Cl. The molecule has 0 unspecified atom stereocenters. The molecule has 0 saturated heterocycles. The minimum Gasteiger partial charge on any atom is -0.456 e. The minimum absolute atomic E-state index is 0.141. The maximum Gasteiger partial charge on any atom is 0.232 e. The van der Waals surface area contributed by atoms with Crippen molar-refractivity contribution in [2.45, 2.75) is 12.8 Å². The van der Waals surface area contributed by atoms with Gasteiger partial charge in [0.15, 0.2) is 0 Å². The summed E-state index contributed by atoms with van der Waals surface area (Å²) in [4.78, 5) is 11.1. The molecule has 4 rings (SSSR count). The lowest BCUT2D eigenvalue weighted by Crippen LogP contribution is -2.36. The lowest BCUT2D eigenvalue weighted by molar-refractivity contribution is 0.295. The van der Waals surface area contributed by atoms with Crippen LogP contribution in [0.3, 0.4) is 0 Å². The van der Waals surface area contributed by atoms with E-state index >= 15 is 0 Å². The van der Waals surface area contributed by atoms with Crippen LogP contribution in [-0.4, -0.2) is 56.0 Å². The monoisotopic (exact) mass is 448 g/mol. The molecule has 0 fully saturated rings. The van der Waals surface area contributed by atoms with Crippen LogP contribution in [0.1, 0.15) is 18.4 Å². The number of rotatable bonds is 7. The van der Waals surface area contributed by atoms with Gasteiger partial charge in [-0.25, -0.2) is 13.4 Å². The van der Waals surface area contributed by atoms with Crippen LogP contribution in [0, 0.1) is 0 Å². The van der Waals surface area contributed by atoms with Crippen LogP contribution in [-0.2, 0) is 10.0 Å². The minimum atomic E-state index is -3.62. The van der Waals surface area contributed by atoms with E-state index in [-0.39, 0.29) is 29.5 Å². The number of sulfonamides is 1. The molecule has 158 valence electrons. The summed E-state index contributed by atoms with van der Waals surface area (Å²) >= 11 is 6.40. The molecule has 10 heteroatoms. The fraction of sp³-hybridized carbons (Fsp3) is 0.300. The Bertz CT molecular complexity index is 1120. The highest BCUT2D eigenvalue weighted by Gasteiger charge is 2.23. The first-order valence-electron chi connectivity index (χ1n) is 9.54. The van der Waals surface area contributed by atoms with Crippen LogP contribution in [0.2, 0.25) is 5.02 Å². The van der Waals surface area contributed by atoms with Gasteiger partial charge in [-0.15, -0.1) is 0 Å². The van der Waals surface area contributed by atoms with Gasteiger partial charge in [0.1, 0.15) is 22.4 Å². The standard InChI is InChI=1S/C20H21ClN4O4S/c21-19-17(24-30(27,28)11-3-10-26)4-1-5-18(19)29-14-6-7-16-15(12-14)20-22-8-2-9-25(20)13-23-16/h1,4-7,12-13,24,26H,2-3,8-11H2. The quantitative estimate of drug-likeness (QED) is 0.675. The second-order valence-corrected chi connectivity index (χ2v) is 9.11. The molecule has 0 saturated carbocycles. The summed E-state index contributed by atoms with van der Waals surface area (Å²) in [7, 11) is -3.62. The average molecular weight is 449 g/mol. The molecule has 0 aliphatic carbocycles. The van der Waals surface area contributed by atoms with Gasteiger partial charge in [0.2, 0.25) is 10.0 Å². The van der Waals surface area contributed by atoms with E-state index in [2.05, 4.69) is 14.7 Å². The fourth-order valence-electron chi connectivity index (χ4n) is 3.25. The van der Waals surface area contributed by atoms with E-state index in [1.807, 2.05) is 17.0 Å². The highest BCUT2D eigenvalue weighted by Crippen LogP contribution is 2.37. The Labute approximate surface area is 179 Å². The summed E-state index contributed by atoms with van der Waals surface area (Å²) in [6.45, 7) is 1.44. The third-order valence-electron chi connectivity index (χ3n) is 4.66. The maximum absolute atomic E-state index is 12.1. The lowest BCUT2D eigenvalue weighted by atomic mass is 10.1. The Morgan fingerprint density at radius 2 is 2.13 bits per heavy atom. The third kappa shape index (κ3) is 4.43. The van der Waals surface area contributed by atoms with Crippen LogP contribution in [0.4, 0.5) is 11.4 Å². The lowest BCUT2D eigenvalue weighted by Gasteiger charge is -2.29. The van der Waals surface area contributed by atoms with Gasteiger partial charge in [-0.3, -0.25) is 9.71 Å². The molecule has 0 aromatic heterocycles. The number of aliphatic imine (C=N–C) groups is 2. The van der Waals surface area contributed by atoms with Gasteiger partial charge in [-0.2, -0.15) is 0 Å². The first-order valence-corrected chi connectivity index (χ1v) is 11.6. The van der Waals surface area contributed by atoms with Crippen LogP contribution >= 0.6 is 11.6 Å². The van der Waals surface area contributed by atoms with Gasteiger partial charge < -0.3 is 14.7 Å². The van der Waals surface area contributed by atoms with Gasteiger partial charge in [0.25, 0.3) is 0 Å². The molecule has 0 amide bonds. The van der Waals surface area contributed by atoms with Crippen LogP contribution in [0.5, 0.6) is 11.5 Å². The average Bonchev–Trinajstić information content (AvgIpc) is 2.75. The summed E-state index contributed by atoms with van der Waals surface area (Å²) in [5.41, 5.74) is 1.92. The predicted octanol–water partition coefficient (Wildman–Crippen LogP) is 3.38. The molecular weight excluding hydrogens is 428 g/mol. The van der Waals surface area contributed by atoms with Gasteiger partial charge in [0.05, 0.1) is 23.5 Å². The van der Waals surface area contributed by atoms with E-state index < -0.39 is 10.0 Å². The van der Waals surface area contributed by atoms with E-state index in [9.17, 15) is 8.42 Å². The zero-order valence-corrected chi connectivity index (χ0v) is 17.7. The number of amidine groups is 1. The largest absolute Gasteiger partial charge is 0.456 e. The Hall–Kier alpha value is -2.62. The Morgan fingerprint density at radius 1 is 1.27 bits per heavy atom. The number of halogens is 1. The van der Waals surface area contributed by atoms with E-state index in [0.29, 0.717) is 11.5 Å². The summed E-state index contributed by atoms with van der Waals surface area (Å²) in [6, 6.07) is 10.4. The number of benzene rings is 2.